The number of imidazole rings is 1. The molecule has 0 aliphatic carbocycles. The smallest absolute Gasteiger partial charge is 0.231 e. The molecule has 0 radical (unpaired) electrons. The van der Waals surface area contributed by atoms with Crippen LogP contribution in [0.5, 0.6) is 0 Å². The number of nitrogens with one attached hydrogen (secondary N) is 2. The van der Waals surface area contributed by atoms with Crippen molar-refractivity contribution in [2.75, 3.05) is 5.75 Å². The van der Waals surface area contributed by atoms with E-state index in [1.807, 2.05) is 38.1 Å². The molecule has 21 heavy (non-hydrogen) atoms. The zero-order valence-corrected chi connectivity index (χ0v) is 13.1. The number of thioether (sulfide) groups is 1. The predicted molar refractivity (Wildman–Crippen MR) is 87.1 cm³/mol. The van der Waals surface area contributed by atoms with Crippen molar-refractivity contribution < 1.29 is 4.79 Å². The fourth-order valence-corrected chi connectivity index (χ4v) is 2.79. The Labute approximate surface area is 129 Å². The first-order chi connectivity index (χ1) is 10.1. The first-order valence-electron chi connectivity index (χ1n) is 6.99. The number of carbonyl (C=O) groups is 1. The molecule has 2 N–H and O–H groups in total. The Morgan fingerprint density at radius 2 is 2.14 bits per heavy atom. The van der Waals surface area contributed by atoms with Gasteiger partial charge < -0.3 is 10.3 Å². The van der Waals surface area contributed by atoms with Gasteiger partial charge in [-0.25, -0.2) is 4.98 Å². The molecule has 0 unspecified atom stereocenters. The molecule has 0 atom stereocenters. The van der Waals surface area contributed by atoms with Crippen LogP contribution in [-0.4, -0.2) is 27.2 Å². The SMILES string of the molecule is C#CC(CC)(CC)NC(=O)CSc1nc2ccccc2[nH]1. The molecule has 0 aliphatic rings. The van der Waals surface area contributed by atoms with E-state index in [2.05, 4.69) is 21.2 Å². The number of amides is 1. The summed E-state index contributed by atoms with van der Waals surface area (Å²) in [5.41, 5.74) is 1.34. The molecule has 110 valence electrons. The molecule has 0 bridgehead atoms. The van der Waals surface area contributed by atoms with Gasteiger partial charge in [0.1, 0.15) is 5.54 Å². The molecule has 2 rings (SSSR count). The zero-order valence-electron chi connectivity index (χ0n) is 12.3. The fraction of sp³-hybridized carbons (Fsp3) is 0.375. The van der Waals surface area contributed by atoms with E-state index >= 15 is 0 Å². The fourth-order valence-electron chi connectivity index (χ4n) is 2.10. The highest BCUT2D eigenvalue weighted by molar-refractivity contribution is 7.99. The van der Waals surface area contributed by atoms with Crippen molar-refractivity contribution in [3.63, 3.8) is 0 Å². The van der Waals surface area contributed by atoms with Crippen LogP contribution in [0.25, 0.3) is 11.0 Å². The molecule has 1 aromatic heterocycles. The summed E-state index contributed by atoms with van der Waals surface area (Å²) in [6.07, 6.45) is 6.99. The number of benzene rings is 1. The number of para-hydroxylation sites is 2. The first-order valence-corrected chi connectivity index (χ1v) is 7.97. The minimum absolute atomic E-state index is 0.0675. The number of hydrogen-bond acceptors (Lipinski definition) is 3. The predicted octanol–water partition coefficient (Wildman–Crippen LogP) is 2.96. The average molecular weight is 301 g/mol. The largest absolute Gasteiger partial charge is 0.339 e. The molecule has 0 saturated carbocycles. The van der Waals surface area contributed by atoms with Crippen LogP contribution in [0.4, 0.5) is 0 Å². The number of nitrogens with zero attached hydrogens (tertiary/aromatic N) is 1. The van der Waals surface area contributed by atoms with Crippen molar-refractivity contribution in [3.8, 4) is 12.3 Å². The van der Waals surface area contributed by atoms with Gasteiger partial charge in [-0.05, 0) is 25.0 Å². The van der Waals surface area contributed by atoms with E-state index in [4.69, 9.17) is 6.42 Å². The Hall–Kier alpha value is -1.93. The third-order valence-corrected chi connectivity index (χ3v) is 4.44. The summed E-state index contributed by atoms with van der Waals surface area (Å²) in [6, 6.07) is 7.79. The van der Waals surface area contributed by atoms with Crippen molar-refractivity contribution in [2.24, 2.45) is 0 Å². The summed E-state index contributed by atoms with van der Waals surface area (Å²) in [7, 11) is 0. The van der Waals surface area contributed by atoms with Crippen molar-refractivity contribution in [1.29, 1.82) is 0 Å². The molecule has 2 aromatic rings. The maximum atomic E-state index is 12.1. The molecular weight excluding hydrogens is 282 g/mol. The lowest BCUT2D eigenvalue weighted by atomic mass is 9.94. The second-order valence-corrected chi connectivity index (χ2v) is 5.79. The lowest BCUT2D eigenvalue weighted by Gasteiger charge is -2.26. The summed E-state index contributed by atoms with van der Waals surface area (Å²) in [4.78, 5) is 19.7. The van der Waals surface area contributed by atoms with Gasteiger partial charge in [-0.3, -0.25) is 4.79 Å². The van der Waals surface area contributed by atoms with Crippen LogP contribution in [0, 0.1) is 12.3 Å². The van der Waals surface area contributed by atoms with Gasteiger partial charge in [0.05, 0.1) is 16.8 Å². The van der Waals surface area contributed by atoms with Crippen LogP contribution < -0.4 is 5.32 Å². The summed E-state index contributed by atoms with van der Waals surface area (Å²) in [6.45, 7) is 3.96. The molecule has 0 fully saturated rings. The maximum Gasteiger partial charge on any atom is 0.231 e. The summed E-state index contributed by atoms with van der Waals surface area (Å²) >= 11 is 1.38. The molecule has 1 heterocycles. The zero-order chi connectivity index (χ0) is 15.3. The van der Waals surface area contributed by atoms with Crippen LogP contribution in [-0.2, 0) is 4.79 Å². The molecule has 5 heteroatoms. The number of hydrogen-bond donors (Lipinski definition) is 2. The van der Waals surface area contributed by atoms with Gasteiger partial charge in [-0.15, -0.1) is 6.42 Å². The lowest BCUT2D eigenvalue weighted by molar-refractivity contribution is -0.119. The molecule has 4 nitrogen and oxygen atoms in total. The quantitative estimate of drug-likeness (QED) is 0.637. The Balaban J connectivity index is 1.96. The number of terminal acetylenes is 1. The van der Waals surface area contributed by atoms with Crippen LogP contribution in [0.1, 0.15) is 26.7 Å². The third kappa shape index (κ3) is 3.59. The molecule has 0 spiro atoms. The Morgan fingerprint density at radius 1 is 1.43 bits per heavy atom. The van der Waals surface area contributed by atoms with E-state index in [1.54, 1.807) is 0 Å². The minimum Gasteiger partial charge on any atom is -0.339 e. The van der Waals surface area contributed by atoms with Gasteiger partial charge in [0.25, 0.3) is 0 Å². The Kier molecular flexibility index (Phi) is 4.92. The third-order valence-electron chi connectivity index (χ3n) is 3.57. The molecular formula is C16H19N3OS. The number of carbonyl (C=O) groups excluding carboxylic acids is 1. The topological polar surface area (TPSA) is 57.8 Å². The number of fused-ring (bicyclic) bond motifs is 1. The lowest BCUT2D eigenvalue weighted by Crippen LogP contribution is -2.47. The van der Waals surface area contributed by atoms with Crippen molar-refractivity contribution in [2.45, 2.75) is 37.4 Å². The van der Waals surface area contributed by atoms with E-state index in [0.29, 0.717) is 5.75 Å². The standard InChI is InChI=1S/C16H19N3OS/c1-4-16(5-2,6-3)19-14(20)11-21-15-17-12-9-7-8-10-13(12)18-15/h1,7-10H,5-6,11H2,2-3H3,(H,17,18)(H,19,20). The first kappa shape index (κ1) is 15.5. The minimum atomic E-state index is -0.536. The van der Waals surface area contributed by atoms with Gasteiger partial charge in [-0.1, -0.05) is 43.7 Å². The molecule has 0 aliphatic heterocycles. The van der Waals surface area contributed by atoms with Gasteiger partial charge in [0.15, 0.2) is 5.16 Å². The van der Waals surface area contributed by atoms with Crippen LogP contribution >= 0.6 is 11.8 Å². The van der Waals surface area contributed by atoms with Gasteiger partial charge >= 0.3 is 0 Å². The average Bonchev–Trinajstić information content (AvgIpc) is 2.94. The van der Waals surface area contributed by atoms with E-state index in [-0.39, 0.29) is 5.91 Å². The van der Waals surface area contributed by atoms with Crippen molar-refractivity contribution in [3.05, 3.63) is 24.3 Å². The van der Waals surface area contributed by atoms with Crippen molar-refractivity contribution in [1.82, 2.24) is 15.3 Å². The van der Waals surface area contributed by atoms with E-state index in [9.17, 15) is 4.79 Å². The monoisotopic (exact) mass is 301 g/mol. The number of aromatic amines is 1. The second-order valence-electron chi connectivity index (χ2n) is 4.83. The van der Waals surface area contributed by atoms with E-state index < -0.39 is 5.54 Å². The highest BCUT2D eigenvalue weighted by atomic mass is 32.2. The normalized spacial score (nSPS) is 11.3. The Morgan fingerprint density at radius 3 is 2.76 bits per heavy atom. The number of H-pyrrole nitrogens is 1. The van der Waals surface area contributed by atoms with Crippen LogP contribution in [0.2, 0.25) is 0 Å². The Bertz CT molecular complexity index is 634. The molecule has 0 saturated heterocycles. The van der Waals surface area contributed by atoms with E-state index in [1.165, 1.54) is 11.8 Å². The van der Waals surface area contributed by atoms with Gasteiger partial charge in [0, 0.05) is 0 Å². The van der Waals surface area contributed by atoms with Crippen LogP contribution in [0.15, 0.2) is 29.4 Å². The summed E-state index contributed by atoms with van der Waals surface area (Å²) < 4.78 is 0. The van der Waals surface area contributed by atoms with Gasteiger partial charge in [0.2, 0.25) is 5.91 Å². The van der Waals surface area contributed by atoms with Gasteiger partial charge in [-0.2, -0.15) is 0 Å². The van der Waals surface area contributed by atoms with E-state index in [0.717, 1.165) is 29.0 Å². The maximum absolute atomic E-state index is 12.1. The van der Waals surface area contributed by atoms with Crippen molar-refractivity contribution >= 4 is 28.7 Å². The highest BCUT2D eigenvalue weighted by Crippen LogP contribution is 2.20. The number of rotatable bonds is 6. The summed E-state index contributed by atoms with van der Waals surface area (Å²) in [5, 5.41) is 3.69. The summed E-state index contributed by atoms with van der Waals surface area (Å²) in [5.74, 6) is 2.93. The molecule has 1 aromatic carbocycles. The molecule has 1 amide bonds. The number of aromatic nitrogens is 2. The van der Waals surface area contributed by atoms with Crippen LogP contribution in [0.3, 0.4) is 0 Å². The highest BCUT2D eigenvalue weighted by Gasteiger charge is 2.25. The second kappa shape index (κ2) is 6.68.